The first kappa shape index (κ1) is 31.4. The largest absolute Gasteiger partial charge is 0.493 e. The van der Waals surface area contributed by atoms with Gasteiger partial charge in [0.15, 0.2) is 11.5 Å². The van der Waals surface area contributed by atoms with Crippen LogP contribution in [0, 0.1) is 0 Å². The van der Waals surface area contributed by atoms with Crippen molar-refractivity contribution in [1.82, 2.24) is 14.9 Å². The number of rotatable bonds is 15. The molecule has 0 spiro atoms. The molecule has 0 radical (unpaired) electrons. The van der Waals surface area contributed by atoms with Gasteiger partial charge in [0, 0.05) is 45.7 Å². The summed E-state index contributed by atoms with van der Waals surface area (Å²) in [6, 6.07) is 35.6. The van der Waals surface area contributed by atoms with Crippen LogP contribution in [0.25, 0.3) is 43.6 Å². The van der Waals surface area contributed by atoms with Crippen LogP contribution < -0.4 is 24.3 Å². The van der Waals surface area contributed by atoms with Gasteiger partial charge in [-0.15, -0.1) is 0 Å². The lowest BCUT2D eigenvalue weighted by Crippen LogP contribution is -2.33. The summed E-state index contributed by atoms with van der Waals surface area (Å²) in [5.74, 6) is 2.78. The maximum absolute atomic E-state index is 11.3. The number of aromatic nitrogens is 2. The van der Waals surface area contributed by atoms with Crippen molar-refractivity contribution in [3.8, 4) is 23.0 Å². The second-order valence-corrected chi connectivity index (χ2v) is 11.8. The van der Waals surface area contributed by atoms with E-state index in [2.05, 4.69) is 27.0 Å². The first-order chi connectivity index (χ1) is 23.6. The van der Waals surface area contributed by atoms with E-state index in [9.17, 15) is 10.2 Å². The Kier molecular flexibility index (Phi) is 9.33. The number of nitrogens with one attached hydrogen (secondary N) is 2. The first-order valence-corrected chi connectivity index (χ1v) is 16.2. The summed E-state index contributed by atoms with van der Waals surface area (Å²) < 4.78 is 25.7. The molecule has 4 N–H and O–H groups in total. The average molecular weight is 646 g/mol. The second kappa shape index (κ2) is 14.3. The number of hydrogen-bond acceptors (Lipinski definition) is 7. The van der Waals surface area contributed by atoms with E-state index >= 15 is 0 Å². The monoisotopic (exact) mass is 645 g/mol. The fourth-order valence-electron chi connectivity index (χ4n) is 6.31. The van der Waals surface area contributed by atoms with Crippen molar-refractivity contribution in [2.75, 3.05) is 40.0 Å². The SMILES string of the molecule is COc1ccccc1OCCNC[C@H](O)COc1cccc2c1c1ccccc1n2C[C@H](O)COc1cccc2[nH]c3ccccc3c12. The van der Waals surface area contributed by atoms with Crippen LogP contribution in [0.5, 0.6) is 23.0 Å². The lowest BCUT2D eigenvalue weighted by atomic mass is 10.1. The number of aliphatic hydroxyl groups excluding tert-OH is 2. The highest BCUT2D eigenvalue weighted by molar-refractivity contribution is 6.11. The van der Waals surface area contributed by atoms with E-state index in [4.69, 9.17) is 18.9 Å². The third-order valence-corrected chi connectivity index (χ3v) is 8.49. The molecule has 5 aromatic carbocycles. The molecular weight excluding hydrogens is 606 g/mol. The first-order valence-electron chi connectivity index (χ1n) is 16.2. The molecule has 0 unspecified atom stereocenters. The van der Waals surface area contributed by atoms with Crippen molar-refractivity contribution in [1.29, 1.82) is 0 Å². The third kappa shape index (κ3) is 6.48. The molecule has 2 aromatic heterocycles. The minimum absolute atomic E-state index is 0.120. The van der Waals surface area contributed by atoms with Crippen LogP contribution in [-0.4, -0.2) is 72.0 Å². The molecule has 7 rings (SSSR count). The number of aliphatic hydroxyl groups is 2. The normalized spacial score (nSPS) is 12.9. The van der Waals surface area contributed by atoms with E-state index in [0.717, 1.165) is 49.4 Å². The van der Waals surface area contributed by atoms with Crippen LogP contribution in [0.3, 0.4) is 0 Å². The lowest BCUT2D eigenvalue weighted by molar-refractivity contribution is 0.0952. The highest BCUT2D eigenvalue weighted by atomic mass is 16.5. The standard InChI is InChI=1S/C39H39N3O6/c1-45-34-16-6-7-17-35(34)46-21-20-40-22-26(43)24-47-37-19-9-15-33-39(37)29-11-3-5-14-32(29)42(33)23-27(44)25-48-36-18-8-13-31-38(36)28-10-2-4-12-30(28)41-31/h2-19,26-27,40-41,43-44H,20-25H2,1H3/t26-,27-/m0/s1. The smallest absolute Gasteiger partial charge is 0.161 e. The molecule has 0 aliphatic heterocycles. The van der Waals surface area contributed by atoms with E-state index in [1.54, 1.807) is 7.11 Å². The zero-order valence-corrected chi connectivity index (χ0v) is 26.8. The number of H-pyrrole nitrogens is 1. The number of hydrogen-bond donors (Lipinski definition) is 4. The summed E-state index contributed by atoms with van der Waals surface area (Å²) in [5, 5.41) is 29.2. The van der Waals surface area contributed by atoms with Gasteiger partial charge in [0.1, 0.15) is 43.5 Å². The third-order valence-electron chi connectivity index (χ3n) is 8.49. The van der Waals surface area contributed by atoms with Gasteiger partial charge in [-0.25, -0.2) is 0 Å². The molecule has 9 heteroatoms. The van der Waals surface area contributed by atoms with Crippen molar-refractivity contribution < 1.29 is 29.2 Å². The van der Waals surface area contributed by atoms with Crippen molar-refractivity contribution in [3.63, 3.8) is 0 Å². The summed E-state index contributed by atoms with van der Waals surface area (Å²) in [4.78, 5) is 3.44. The Labute approximate surface area is 278 Å². The molecule has 0 saturated heterocycles. The number of aromatic amines is 1. The van der Waals surface area contributed by atoms with Gasteiger partial charge >= 0.3 is 0 Å². The molecule has 7 aromatic rings. The highest BCUT2D eigenvalue weighted by Gasteiger charge is 2.19. The van der Waals surface area contributed by atoms with Crippen molar-refractivity contribution >= 4 is 43.6 Å². The van der Waals surface area contributed by atoms with Gasteiger partial charge in [-0.05, 0) is 48.5 Å². The molecule has 48 heavy (non-hydrogen) atoms. The lowest BCUT2D eigenvalue weighted by Gasteiger charge is -2.16. The summed E-state index contributed by atoms with van der Waals surface area (Å²) in [6.07, 6.45) is -1.49. The number of ether oxygens (including phenoxy) is 4. The van der Waals surface area contributed by atoms with Crippen molar-refractivity contribution in [3.05, 3.63) is 109 Å². The molecule has 0 amide bonds. The van der Waals surface area contributed by atoms with Gasteiger partial charge in [-0.2, -0.15) is 0 Å². The minimum Gasteiger partial charge on any atom is -0.493 e. The molecule has 2 atom stereocenters. The highest BCUT2D eigenvalue weighted by Crippen LogP contribution is 2.37. The van der Waals surface area contributed by atoms with Crippen molar-refractivity contribution in [2.45, 2.75) is 18.8 Å². The second-order valence-electron chi connectivity index (χ2n) is 11.8. The molecular formula is C39H39N3O6. The topological polar surface area (TPSA) is 110 Å². The van der Waals surface area contributed by atoms with Crippen LogP contribution in [0.2, 0.25) is 0 Å². The zero-order valence-electron chi connectivity index (χ0n) is 26.8. The molecule has 0 saturated carbocycles. The van der Waals surface area contributed by atoms with E-state index in [1.807, 2.05) is 97.1 Å². The van der Waals surface area contributed by atoms with Gasteiger partial charge in [-0.3, -0.25) is 0 Å². The molecule has 0 aliphatic carbocycles. The van der Waals surface area contributed by atoms with Gasteiger partial charge in [0.2, 0.25) is 0 Å². The fourth-order valence-corrected chi connectivity index (χ4v) is 6.31. The molecule has 246 valence electrons. The Hall–Kier alpha value is -5.22. The number of nitrogens with zero attached hydrogens (tertiary/aromatic N) is 1. The van der Waals surface area contributed by atoms with E-state index in [1.165, 1.54) is 0 Å². The average Bonchev–Trinajstić information content (AvgIpc) is 3.66. The minimum atomic E-state index is -0.770. The van der Waals surface area contributed by atoms with Gasteiger partial charge in [0.25, 0.3) is 0 Å². The summed E-state index contributed by atoms with van der Waals surface area (Å²) in [7, 11) is 1.61. The Morgan fingerprint density at radius 3 is 2.08 bits per heavy atom. The van der Waals surface area contributed by atoms with Crippen molar-refractivity contribution in [2.24, 2.45) is 0 Å². The molecule has 0 bridgehead atoms. The number of benzene rings is 5. The fraction of sp³-hybridized carbons (Fsp3) is 0.231. The molecule has 2 heterocycles. The Balaban J connectivity index is 1.00. The van der Waals surface area contributed by atoms with Crippen LogP contribution in [0.1, 0.15) is 0 Å². The number of para-hydroxylation sites is 4. The Bertz CT molecular complexity index is 2160. The summed E-state index contributed by atoms with van der Waals surface area (Å²) in [5.41, 5.74) is 3.97. The molecule has 9 nitrogen and oxygen atoms in total. The van der Waals surface area contributed by atoms with Crippen LogP contribution in [0.4, 0.5) is 0 Å². The molecule has 0 fully saturated rings. The van der Waals surface area contributed by atoms with Crippen LogP contribution in [-0.2, 0) is 6.54 Å². The summed E-state index contributed by atoms with van der Waals surface area (Å²) >= 11 is 0. The molecule has 0 aliphatic rings. The number of methoxy groups -OCH3 is 1. The maximum Gasteiger partial charge on any atom is 0.161 e. The predicted octanol–water partition coefficient (Wildman–Crippen LogP) is 6.29. The van der Waals surface area contributed by atoms with Crippen LogP contribution in [0.15, 0.2) is 109 Å². The Morgan fingerprint density at radius 1 is 0.625 bits per heavy atom. The quantitative estimate of drug-likeness (QED) is 0.0972. The van der Waals surface area contributed by atoms with Gasteiger partial charge in [0.05, 0.1) is 24.7 Å². The zero-order chi connectivity index (χ0) is 32.9. The van der Waals surface area contributed by atoms with Crippen LogP contribution >= 0.6 is 0 Å². The van der Waals surface area contributed by atoms with E-state index in [0.29, 0.717) is 43.5 Å². The van der Waals surface area contributed by atoms with Gasteiger partial charge in [-0.1, -0.05) is 60.7 Å². The van der Waals surface area contributed by atoms with E-state index < -0.39 is 12.2 Å². The number of fused-ring (bicyclic) bond motifs is 6. The maximum atomic E-state index is 11.3. The predicted molar refractivity (Wildman–Crippen MR) is 190 cm³/mol. The van der Waals surface area contributed by atoms with E-state index in [-0.39, 0.29) is 13.2 Å². The van der Waals surface area contributed by atoms with Gasteiger partial charge < -0.3 is 44.0 Å². The Morgan fingerprint density at radius 2 is 1.25 bits per heavy atom. The summed E-state index contributed by atoms with van der Waals surface area (Å²) in [6.45, 7) is 1.93.